The molecular weight excluding hydrogens is 424 g/mol. The van der Waals surface area contributed by atoms with Gasteiger partial charge in [-0.3, -0.25) is 9.69 Å². The molecule has 0 saturated carbocycles. The number of methoxy groups -OCH3 is 1. The van der Waals surface area contributed by atoms with E-state index < -0.39 is 0 Å². The minimum absolute atomic E-state index is 0.210. The lowest BCUT2D eigenvalue weighted by atomic mass is 10.2. The van der Waals surface area contributed by atoms with Gasteiger partial charge in [-0.05, 0) is 49.7 Å². The topological polar surface area (TPSA) is 69.5 Å². The van der Waals surface area contributed by atoms with Gasteiger partial charge in [0, 0.05) is 17.5 Å². The molecule has 0 unspecified atom stereocenters. The molecule has 0 spiro atoms. The van der Waals surface area contributed by atoms with E-state index in [1.807, 2.05) is 42.5 Å². The maximum atomic E-state index is 13.2. The van der Waals surface area contributed by atoms with Crippen LogP contribution in [0.15, 0.2) is 59.4 Å². The third-order valence-corrected chi connectivity index (χ3v) is 6.74. The van der Waals surface area contributed by atoms with E-state index >= 15 is 0 Å². The van der Waals surface area contributed by atoms with E-state index in [0.29, 0.717) is 34.0 Å². The fourth-order valence-corrected chi connectivity index (χ4v) is 4.93. The fourth-order valence-electron chi connectivity index (χ4n) is 3.96. The van der Waals surface area contributed by atoms with E-state index in [4.69, 9.17) is 9.47 Å². The number of benzene rings is 2. The molecule has 3 heterocycles. The van der Waals surface area contributed by atoms with Crippen molar-refractivity contribution >= 4 is 21.6 Å². The molecule has 32 heavy (non-hydrogen) atoms. The molecule has 0 radical (unpaired) electrons. The van der Waals surface area contributed by atoms with Gasteiger partial charge in [-0.25, -0.2) is 0 Å². The Morgan fingerprint density at radius 2 is 1.84 bits per heavy atom. The molecule has 8 heteroatoms. The van der Waals surface area contributed by atoms with Gasteiger partial charge in [-0.15, -0.1) is 16.4 Å². The molecule has 164 valence electrons. The van der Waals surface area contributed by atoms with Gasteiger partial charge in [0.25, 0.3) is 5.56 Å². The monoisotopic (exact) mass is 448 g/mol. The molecule has 2 aromatic heterocycles. The van der Waals surface area contributed by atoms with Crippen LogP contribution in [0.3, 0.4) is 0 Å². The SMILES string of the molecule is COc1cc(-n2nnc3sc(-c4ccccc4)cc3c2=O)ccc1OCCN1CCCC1. The molecule has 0 aliphatic carbocycles. The highest BCUT2D eigenvalue weighted by Gasteiger charge is 2.15. The summed E-state index contributed by atoms with van der Waals surface area (Å²) in [6, 6.07) is 17.2. The summed E-state index contributed by atoms with van der Waals surface area (Å²) in [5, 5.41) is 9.00. The first-order chi connectivity index (χ1) is 15.7. The molecule has 0 amide bonds. The Bertz CT molecular complexity index is 1280. The van der Waals surface area contributed by atoms with Crippen LogP contribution in [0, 0.1) is 0 Å². The van der Waals surface area contributed by atoms with Crippen LogP contribution in [0.25, 0.3) is 26.3 Å². The summed E-state index contributed by atoms with van der Waals surface area (Å²) in [6.45, 7) is 3.77. The first-order valence-corrected chi connectivity index (χ1v) is 11.5. The lowest BCUT2D eigenvalue weighted by Crippen LogP contribution is -2.25. The first kappa shape index (κ1) is 20.7. The molecule has 0 atom stereocenters. The number of hydrogen-bond acceptors (Lipinski definition) is 7. The second-order valence-corrected chi connectivity index (χ2v) is 8.76. The summed E-state index contributed by atoms with van der Waals surface area (Å²) < 4.78 is 12.8. The lowest BCUT2D eigenvalue weighted by molar-refractivity contribution is 0.230. The highest BCUT2D eigenvalue weighted by molar-refractivity contribution is 7.21. The summed E-state index contributed by atoms with van der Waals surface area (Å²) in [7, 11) is 1.59. The van der Waals surface area contributed by atoms with Crippen molar-refractivity contribution in [2.75, 3.05) is 33.4 Å². The van der Waals surface area contributed by atoms with Crippen molar-refractivity contribution in [3.05, 3.63) is 65.0 Å². The van der Waals surface area contributed by atoms with Gasteiger partial charge >= 0.3 is 0 Å². The summed E-state index contributed by atoms with van der Waals surface area (Å²) in [5.41, 5.74) is 1.43. The van der Waals surface area contributed by atoms with Crippen LogP contribution in [0.1, 0.15) is 12.8 Å². The largest absolute Gasteiger partial charge is 0.493 e. The highest BCUT2D eigenvalue weighted by atomic mass is 32.1. The van der Waals surface area contributed by atoms with Gasteiger partial charge in [0.05, 0.1) is 18.2 Å². The Balaban J connectivity index is 1.41. The number of likely N-dealkylation sites (tertiary alicyclic amines) is 1. The van der Waals surface area contributed by atoms with Gasteiger partial charge in [-0.1, -0.05) is 35.5 Å². The predicted octanol–water partition coefficient (Wildman–Crippen LogP) is 3.99. The van der Waals surface area contributed by atoms with Crippen LogP contribution in [0.5, 0.6) is 11.5 Å². The third kappa shape index (κ3) is 4.11. The quantitative estimate of drug-likeness (QED) is 0.426. The Hall–Kier alpha value is -3.23. The molecule has 1 aliphatic heterocycles. The van der Waals surface area contributed by atoms with Gasteiger partial charge in [0.1, 0.15) is 6.61 Å². The zero-order chi connectivity index (χ0) is 21.9. The number of rotatable bonds is 7. The number of ether oxygens (including phenoxy) is 2. The van der Waals surface area contributed by atoms with E-state index in [9.17, 15) is 4.79 Å². The van der Waals surface area contributed by atoms with Crippen LogP contribution in [-0.4, -0.2) is 53.2 Å². The molecule has 0 bridgehead atoms. The van der Waals surface area contributed by atoms with Gasteiger partial charge in [-0.2, -0.15) is 4.68 Å². The maximum absolute atomic E-state index is 13.2. The maximum Gasteiger partial charge on any atom is 0.283 e. The van der Waals surface area contributed by atoms with Crippen molar-refractivity contribution in [1.82, 2.24) is 19.9 Å². The molecule has 5 rings (SSSR count). The second-order valence-electron chi connectivity index (χ2n) is 7.73. The normalized spacial score (nSPS) is 14.2. The molecule has 1 fully saturated rings. The third-order valence-electron chi connectivity index (χ3n) is 5.67. The van der Waals surface area contributed by atoms with Crippen molar-refractivity contribution in [3.8, 4) is 27.6 Å². The number of hydrogen-bond donors (Lipinski definition) is 0. The van der Waals surface area contributed by atoms with Gasteiger partial charge in [0.15, 0.2) is 16.3 Å². The lowest BCUT2D eigenvalue weighted by Gasteiger charge is -2.16. The van der Waals surface area contributed by atoms with E-state index in [-0.39, 0.29) is 5.56 Å². The molecular formula is C24H24N4O3S. The van der Waals surface area contributed by atoms with Crippen LogP contribution in [-0.2, 0) is 0 Å². The van der Waals surface area contributed by atoms with Crippen molar-refractivity contribution in [2.45, 2.75) is 12.8 Å². The summed E-state index contributed by atoms with van der Waals surface area (Å²) in [5.74, 6) is 1.22. The zero-order valence-corrected chi connectivity index (χ0v) is 18.7. The van der Waals surface area contributed by atoms with E-state index in [0.717, 1.165) is 30.1 Å². The number of thiophene rings is 1. The van der Waals surface area contributed by atoms with Crippen LogP contribution in [0.4, 0.5) is 0 Å². The van der Waals surface area contributed by atoms with Crippen LogP contribution < -0.4 is 15.0 Å². The standard InChI is InChI=1S/C24H24N4O3S/c1-30-21-15-18(9-10-20(21)31-14-13-27-11-5-6-12-27)28-24(29)19-16-22(32-23(19)25-26-28)17-7-3-2-4-8-17/h2-4,7-10,15-16H,5-6,11-14H2,1H3. The Kier molecular flexibility index (Phi) is 5.87. The van der Waals surface area contributed by atoms with Crippen LogP contribution >= 0.6 is 11.3 Å². The van der Waals surface area contributed by atoms with Gasteiger partial charge < -0.3 is 9.47 Å². The average Bonchev–Trinajstić information content (AvgIpc) is 3.51. The number of nitrogens with zero attached hydrogens (tertiary/aromatic N) is 4. The molecule has 1 saturated heterocycles. The Morgan fingerprint density at radius 3 is 2.62 bits per heavy atom. The second kappa shape index (κ2) is 9.10. The molecule has 4 aromatic rings. The average molecular weight is 449 g/mol. The Morgan fingerprint density at radius 1 is 1.03 bits per heavy atom. The number of fused-ring (bicyclic) bond motifs is 1. The van der Waals surface area contributed by atoms with Crippen molar-refractivity contribution < 1.29 is 9.47 Å². The number of aromatic nitrogens is 3. The minimum atomic E-state index is -0.210. The fraction of sp³-hybridized carbons (Fsp3) is 0.292. The smallest absolute Gasteiger partial charge is 0.283 e. The molecule has 2 aromatic carbocycles. The molecule has 0 N–H and O–H groups in total. The summed E-state index contributed by atoms with van der Waals surface area (Å²) in [4.78, 5) is 17.2. The first-order valence-electron chi connectivity index (χ1n) is 10.7. The van der Waals surface area contributed by atoms with Crippen molar-refractivity contribution in [3.63, 3.8) is 0 Å². The van der Waals surface area contributed by atoms with Crippen molar-refractivity contribution in [2.24, 2.45) is 0 Å². The van der Waals surface area contributed by atoms with Crippen LogP contribution in [0.2, 0.25) is 0 Å². The summed E-state index contributed by atoms with van der Waals surface area (Å²) in [6.07, 6.45) is 2.52. The highest BCUT2D eigenvalue weighted by Crippen LogP contribution is 2.32. The Labute approximate surface area is 189 Å². The van der Waals surface area contributed by atoms with E-state index in [2.05, 4.69) is 15.2 Å². The predicted molar refractivity (Wildman–Crippen MR) is 126 cm³/mol. The van der Waals surface area contributed by atoms with Crippen molar-refractivity contribution in [1.29, 1.82) is 0 Å². The van der Waals surface area contributed by atoms with Gasteiger partial charge in [0.2, 0.25) is 0 Å². The van der Waals surface area contributed by atoms with E-state index in [1.165, 1.54) is 28.9 Å². The minimum Gasteiger partial charge on any atom is -0.493 e. The summed E-state index contributed by atoms with van der Waals surface area (Å²) >= 11 is 1.46. The molecule has 1 aliphatic rings. The van der Waals surface area contributed by atoms with E-state index in [1.54, 1.807) is 19.2 Å². The molecule has 7 nitrogen and oxygen atoms in total. The zero-order valence-electron chi connectivity index (χ0n) is 17.9.